The molecule has 0 aliphatic heterocycles. The molecule has 0 spiro atoms. The van der Waals surface area contributed by atoms with Crippen molar-refractivity contribution in [2.75, 3.05) is 0 Å². The van der Waals surface area contributed by atoms with Crippen LogP contribution in [0.15, 0.2) is 0 Å². The highest BCUT2D eigenvalue weighted by atomic mass is 14.3. The largest absolute Gasteiger partial charge is 0.0654 e. The Bertz CT molecular complexity index is 400. The van der Waals surface area contributed by atoms with Crippen LogP contribution in [0.25, 0.3) is 0 Å². The van der Waals surface area contributed by atoms with Crippen molar-refractivity contribution < 1.29 is 0 Å². The summed E-state index contributed by atoms with van der Waals surface area (Å²) < 4.78 is 0. The Hall–Kier alpha value is 0. The highest BCUT2D eigenvalue weighted by Crippen LogP contribution is 2.39. The van der Waals surface area contributed by atoms with Crippen molar-refractivity contribution in [3.05, 3.63) is 0 Å². The Labute approximate surface area is 198 Å². The summed E-state index contributed by atoms with van der Waals surface area (Å²) in [5.41, 5.74) is 0. The van der Waals surface area contributed by atoms with Gasteiger partial charge in [-0.15, -0.1) is 0 Å². The lowest BCUT2D eigenvalue weighted by atomic mass is 9.72. The van der Waals surface area contributed by atoms with Crippen LogP contribution in [0.5, 0.6) is 0 Å². The number of hydrogen-bond donors (Lipinski definition) is 0. The molecule has 184 valence electrons. The molecule has 0 amide bonds. The smallest absolute Gasteiger partial charge is 0.0383 e. The first kappa shape index (κ1) is 27.2. The van der Waals surface area contributed by atoms with E-state index in [1.807, 2.05) is 0 Å². The van der Waals surface area contributed by atoms with Crippen molar-refractivity contribution in [2.24, 2.45) is 35.5 Å². The fraction of sp³-hybridized carbons (Fsp3) is 1.00. The van der Waals surface area contributed by atoms with Gasteiger partial charge in [0.15, 0.2) is 0 Å². The van der Waals surface area contributed by atoms with E-state index in [-0.39, 0.29) is 0 Å². The molecule has 3 saturated carbocycles. The normalized spacial score (nSPS) is 29.2. The molecule has 0 heterocycles. The molecule has 4 unspecified atom stereocenters. The third-order valence-electron chi connectivity index (χ3n) is 9.66. The molecule has 0 radical (unpaired) electrons. The molecule has 0 aromatic carbocycles. The van der Waals surface area contributed by atoms with Crippen molar-refractivity contribution in [1.29, 1.82) is 0 Å². The molecule has 0 aromatic rings. The van der Waals surface area contributed by atoms with E-state index in [2.05, 4.69) is 27.7 Å². The van der Waals surface area contributed by atoms with Crippen LogP contribution in [0.4, 0.5) is 0 Å². The standard InChI is InChI=1S/C20H38.C11H22/c1-2-3-4-9-16-20(19-14-10-6-11-15-19)17-18-12-7-5-8-13-18;1-4-10-6-7-11(5-2)9(3)8-10/h18-20H,2-17H2,1H3;9-11H,4-8H2,1-3H3. The first-order chi connectivity index (χ1) is 15.2. The summed E-state index contributed by atoms with van der Waals surface area (Å²) in [4.78, 5) is 0. The molecule has 3 fully saturated rings. The van der Waals surface area contributed by atoms with Gasteiger partial charge in [-0.1, -0.05) is 143 Å². The van der Waals surface area contributed by atoms with Crippen molar-refractivity contribution in [3.8, 4) is 0 Å². The molecule has 3 aliphatic carbocycles. The fourth-order valence-electron chi connectivity index (χ4n) is 7.38. The van der Waals surface area contributed by atoms with E-state index in [0.29, 0.717) is 0 Å². The van der Waals surface area contributed by atoms with Crippen LogP contribution in [-0.2, 0) is 0 Å². The Kier molecular flexibility index (Phi) is 14.6. The average Bonchev–Trinajstić information content (AvgIpc) is 2.82. The Morgan fingerprint density at radius 3 is 1.90 bits per heavy atom. The molecule has 0 N–H and O–H groups in total. The van der Waals surface area contributed by atoms with Crippen molar-refractivity contribution in [3.63, 3.8) is 0 Å². The quantitative estimate of drug-likeness (QED) is 0.301. The van der Waals surface area contributed by atoms with E-state index in [1.54, 1.807) is 38.5 Å². The Morgan fingerprint density at radius 1 is 0.645 bits per heavy atom. The second kappa shape index (κ2) is 16.6. The van der Waals surface area contributed by atoms with Gasteiger partial charge in [0.2, 0.25) is 0 Å². The first-order valence-electron chi connectivity index (χ1n) is 15.2. The second-order valence-electron chi connectivity index (χ2n) is 12.0. The molecule has 3 rings (SSSR count). The van der Waals surface area contributed by atoms with Crippen LogP contribution in [0.2, 0.25) is 0 Å². The summed E-state index contributed by atoms with van der Waals surface area (Å²) in [7, 11) is 0. The van der Waals surface area contributed by atoms with Gasteiger partial charge in [0, 0.05) is 0 Å². The molecule has 3 aliphatic rings. The van der Waals surface area contributed by atoms with E-state index in [4.69, 9.17) is 0 Å². The van der Waals surface area contributed by atoms with Gasteiger partial charge in [-0.3, -0.25) is 0 Å². The predicted octanol–water partition coefficient (Wildman–Crippen LogP) is 11.0. The second-order valence-corrected chi connectivity index (χ2v) is 12.0. The van der Waals surface area contributed by atoms with Gasteiger partial charge in [-0.05, 0) is 54.8 Å². The predicted molar refractivity (Wildman–Crippen MR) is 141 cm³/mol. The van der Waals surface area contributed by atoms with Crippen LogP contribution in [0.3, 0.4) is 0 Å². The SMILES string of the molecule is CCC1CCC(CC)C(C)C1.CCCCCCC(CC1CCCCC1)C1CCCCC1. The zero-order chi connectivity index (χ0) is 22.3. The zero-order valence-corrected chi connectivity index (χ0v) is 22.3. The molecule has 4 atom stereocenters. The topological polar surface area (TPSA) is 0 Å². The minimum absolute atomic E-state index is 0.999. The maximum atomic E-state index is 2.44. The lowest BCUT2D eigenvalue weighted by Crippen LogP contribution is -2.22. The maximum Gasteiger partial charge on any atom is -0.0383 e. The first-order valence-corrected chi connectivity index (χ1v) is 15.2. The molecule has 0 aromatic heterocycles. The lowest BCUT2D eigenvalue weighted by Gasteiger charge is -2.34. The fourth-order valence-corrected chi connectivity index (χ4v) is 7.38. The number of unbranched alkanes of at least 4 members (excludes halogenated alkanes) is 3. The van der Waals surface area contributed by atoms with E-state index in [9.17, 15) is 0 Å². The minimum atomic E-state index is 0.999. The van der Waals surface area contributed by atoms with Crippen molar-refractivity contribution in [1.82, 2.24) is 0 Å². The van der Waals surface area contributed by atoms with E-state index >= 15 is 0 Å². The van der Waals surface area contributed by atoms with E-state index in [1.165, 1.54) is 96.3 Å². The van der Waals surface area contributed by atoms with Gasteiger partial charge in [0.05, 0.1) is 0 Å². The van der Waals surface area contributed by atoms with Crippen LogP contribution < -0.4 is 0 Å². The van der Waals surface area contributed by atoms with Crippen molar-refractivity contribution in [2.45, 2.75) is 163 Å². The summed E-state index contributed by atoms with van der Waals surface area (Å²) in [6.07, 6.45) is 31.7. The van der Waals surface area contributed by atoms with Crippen LogP contribution in [-0.4, -0.2) is 0 Å². The van der Waals surface area contributed by atoms with E-state index in [0.717, 1.165) is 35.5 Å². The average molecular weight is 433 g/mol. The summed E-state index contributed by atoms with van der Waals surface area (Å²) in [6, 6.07) is 0. The summed E-state index contributed by atoms with van der Waals surface area (Å²) in [6.45, 7) is 9.45. The van der Waals surface area contributed by atoms with Crippen molar-refractivity contribution >= 4 is 0 Å². The summed E-state index contributed by atoms with van der Waals surface area (Å²) >= 11 is 0. The monoisotopic (exact) mass is 432 g/mol. The molecule has 0 heteroatoms. The highest BCUT2D eigenvalue weighted by molar-refractivity contribution is 4.78. The van der Waals surface area contributed by atoms with Gasteiger partial charge >= 0.3 is 0 Å². The van der Waals surface area contributed by atoms with Crippen LogP contribution in [0.1, 0.15) is 163 Å². The van der Waals surface area contributed by atoms with Gasteiger partial charge in [-0.25, -0.2) is 0 Å². The highest BCUT2D eigenvalue weighted by Gasteiger charge is 2.27. The minimum Gasteiger partial charge on any atom is -0.0654 e. The van der Waals surface area contributed by atoms with Gasteiger partial charge in [-0.2, -0.15) is 0 Å². The Balaban J connectivity index is 0.000000262. The maximum absolute atomic E-state index is 2.44. The zero-order valence-electron chi connectivity index (χ0n) is 22.3. The molecule has 31 heavy (non-hydrogen) atoms. The number of hydrogen-bond acceptors (Lipinski definition) is 0. The molecular weight excluding hydrogens is 372 g/mol. The summed E-state index contributed by atoms with van der Waals surface area (Å²) in [5.74, 6) is 6.38. The Morgan fingerprint density at radius 2 is 1.32 bits per heavy atom. The third kappa shape index (κ3) is 10.6. The molecule has 0 saturated heterocycles. The van der Waals surface area contributed by atoms with Gasteiger partial charge in [0.1, 0.15) is 0 Å². The molecule has 0 bridgehead atoms. The van der Waals surface area contributed by atoms with E-state index < -0.39 is 0 Å². The molecular formula is C31H60. The van der Waals surface area contributed by atoms with Gasteiger partial charge < -0.3 is 0 Å². The number of rotatable bonds is 10. The van der Waals surface area contributed by atoms with Crippen LogP contribution >= 0.6 is 0 Å². The summed E-state index contributed by atoms with van der Waals surface area (Å²) in [5, 5.41) is 0. The third-order valence-corrected chi connectivity index (χ3v) is 9.66. The van der Waals surface area contributed by atoms with Crippen LogP contribution in [0, 0.1) is 35.5 Å². The molecule has 0 nitrogen and oxygen atoms in total. The lowest BCUT2D eigenvalue weighted by molar-refractivity contribution is 0.177. The van der Waals surface area contributed by atoms with Gasteiger partial charge in [0.25, 0.3) is 0 Å².